The van der Waals surface area contributed by atoms with E-state index < -0.39 is 8.75 Å². The maximum atomic E-state index is 4.92. The zero-order chi connectivity index (χ0) is 15.1. The summed E-state index contributed by atoms with van der Waals surface area (Å²) in [5.74, 6) is 8.66. The molecule has 1 rings (SSSR count). The van der Waals surface area contributed by atoms with E-state index in [9.17, 15) is 0 Å². The molecule has 1 aromatic rings. The van der Waals surface area contributed by atoms with E-state index in [1.54, 1.807) is 0 Å². The fourth-order valence-corrected chi connectivity index (χ4v) is 8.50. The van der Waals surface area contributed by atoms with Crippen LogP contribution in [-0.2, 0) is 7.05 Å². The van der Waals surface area contributed by atoms with E-state index in [1.807, 2.05) is 17.9 Å². The largest absolute Gasteiger partial charge is 0.244 e. The summed E-state index contributed by atoms with van der Waals surface area (Å²) in [6.07, 6.45) is 9.52. The maximum Gasteiger partial charge on any atom is 0.0932 e. The molecule has 0 aromatic carbocycles. The molecule has 0 N–H and O–H groups in total. The Labute approximate surface area is 125 Å². The summed E-state index contributed by atoms with van der Waals surface area (Å²) in [6, 6.07) is 0. The Morgan fingerprint density at radius 3 is 1.75 bits per heavy atom. The molecule has 4 heteroatoms. The molecule has 0 radical (unpaired) electrons. The van der Waals surface area contributed by atoms with Gasteiger partial charge in [0.1, 0.15) is 0 Å². The fourth-order valence-electron chi connectivity index (χ4n) is 2.99. The van der Waals surface area contributed by atoms with E-state index >= 15 is 0 Å². The van der Waals surface area contributed by atoms with Crippen LogP contribution in [0.3, 0.4) is 0 Å². The van der Waals surface area contributed by atoms with Gasteiger partial charge in [0.2, 0.25) is 0 Å². The Balaban J connectivity index is 3.24. The molecule has 118 valence electrons. The van der Waals surface area contributed by atoms with E-state index in [0.717, 1.165) is 0 Å². The molecule has 0 aliphatic heterocycles. The first-order valence-electron chi connectivity index (χ1n) is 8.10. The van der Waals surface area contributed by atoms with Crippen molar-refractivity contribution in [2.45, 2.75) is 64.3 Å². The number of rotatable bonds is 10. The first kappa shape index (κ1) is 17.4. The summed E-state index contributed by atoms with van der Waals surface area (Å²) in [5.41, 5.74) is 0. The number of nitrogens with zero attached hydrogens (tertiary/aromatic N) is 3. The lowest BCUT2D eigenvalue weighted by Crippen LogP contribution is -2.24. The van der Waals surface area contributed by atoms with Crippen molar-refractivity contribution in [3.05, 3.63) is 6.20 Å². The van der Waals surface area contributed by atoms with E-state index in [2.05, 4.69) is 31.1 Å². The SMILES string of the molecule is C=S(CCCC)(CCCC)(CCCC)c1cnnn1C. The monoisotopic (exact) mass is 299 g/mol. The van der Waals surface area contributed by atoms with Crippen molar-refractivity contribution in [1.82, 2.24) is 15.0 Å². The molecule has 0 saturated carbocycles. The Bertz CT molecular complexity index is 431. The van der Waals surface area contributed by atoms with Crippen LogP contribution in [0.1, 0.15) is 59.3 Å². The van der Waals surface area contributed by atoms with Gasteiger partial charge < -0.3 is 0 Å². The van der Waals surface area contributed by atoms with Crippen LogP contribution in [0, 0.1) is 0 Å². The van der Waals surface area contributed by atoms with E-state index in [1.165, 1.54) is 60.8 Å². The topological polar surface area (TPSA) is 30.7 Å². The van der Waals surface area contributed by atoms with Gasteiger partial charge in [0.25, 0.3) is 0 Å². The number of aromatic nitrogens is 3. The molecule has 0 aliphatic carbocycles. The van der Waals surface area contributed by atoms with E-state index in [0.29, 0.717) is 0 Å². The van der Waals surface area contributed by atoms with Crippen LogP contribution in [-0.4, -0.2) is 38.1 Å². The number of hydrogen-bond donors (Lipinski definition) is 0. The van der Waals surface area contributed by atoms with Crippen LogP contribution >= 0.6 is 8.75 Å². The lowest BCUT2D eigenvalue weighted by atomic mass is 10.4. The van der Waals surface area contributed by atoms with Crippen molar-refractivity contribution >= 4 is 14.6 Å². The standard InChI is InChI=1S/C16H33N3S/c1-6-9-12-20(5,13-10-7-2,14-11-8-3)16-15-17-18-19(16)4/h15H,5-14H2,1-4H3. The van der Waals surface area contributed by atoms with Crippen LogP contribution in [0.5, 0.6) is 0 Å². The smallest absolute Gasteiger partial charge is 0.0932 e. The molecule has 3 nitrogen and oxygen atoms in total. The van der Waals surface area contributed by atoms with Gasteiger partial charge in [0, 0.05) is 7.05 Å². The summed E-state index contributed by atoms with van der Waals surface area (Å²) in [6.45, 7) is 6.83. The van der Waals surface area contributed by atoms with Crippen LogP contribution in [0.25, 0.3) is 0 Å². The molecule has 1 heterocycles. The van der Waals surface area contributed by atoms with Gasteiger partial charge >= 0.3 is 0 Å². The zero-order valence-electron chi connectivity index (χ0n) is 13.9. The second-order valence-corrected chi connectivity index (χ2v) is 11.4. The number of hydrogen-bond acceptors (Lipinski definition) is 2. The highest BCUT2D eigenvalue weighted by Gasteiger charge is 2.34. The second-order valence-electron chi connectivity index (χ2n) is 6.17. The Morgan fingerprint density at radius 1 is 1.00 bits per heavy atom. The fraction of sp³-hybridized carbons (Fsp3) is 0.812. The van der Waals surface area contributed by atoms with Gasteiger partial charge in [0.15, 0.2) is 0 Å². The Morgan fingerprint density at radius 2 is 1.45 bits per heavy atom. The highest BCUT2D eigenvalue weighted by molar-refractivity contribution is 8.46. The normalized spacial score (nSPS) is 14.1. The van der Waals surface area contributed by atoms with Crippen molar-refractivity contribution < 1.29 is 0 Å². The maximum absolute atomic E-state index is 4.92. The van der Waals surface area contributed by atoms with Crippen molar-refractivity contribution in [1.29, 1.82) is 0 Å². The summed E-state index contributed by atoms with van der Waals surface area (Å²) >= 11 is 0. The highest BCUT2D eigenvalue weighted by atomic mass is 32.3. The quantitative estimate of drug-likeness (QED) is 0.601. The van der Waals surface area contributed by atoms with Crippen LogP contribution in [0.4, 0.5) is 0 Å². The summed E-state index contributed by atoms with van der Waals surface area (Å²) in [5, 5.41) is 9.69. The first-order valence-corrected chi connectivity index (χ1v) is 10.8. The predicted molar refractivity (Wildman–Crippen MR) is 93.3 cm³/mol. The third-order valence-electron chi connectivity index (χ3n) is 4.36. The molecular formula is C16H33N3S. The third kappa shape index (κ3) is 3.72. The molecule has 0 spiro atoms. The molecule has 0 saturated heterocycles. The van der Waals surface area contributed by atoms with Crippen molar-refractivity contribution in [2.75, 3.05) is 17.3 Å². The van der Waals surface area contributed by atoms with Gasteiger partial charge in [-0.3, -0.25) is 0 Å². The molecule has 0 aliphatic rings. The molecule has 0 amide bonds. The molecule has 0 fully saturated rings. The van der Waals surface area contributed by atoms with E-state index in [4.69, 9.17) is 5.87 Å². The minimum atomic E-state index is -1.84. The molecular weight excluding hydrogens is 266 g/mol. The third-order valence-corrected chi connectivity index (χ3v) is 9.99. The van der Waals surface area contributed by atoms with E-state index in [-0.39, 0.29) is 0 Å². The minimum absolute atomic E-state index is 1.24. The molecule has 20 heavy (non-hydrogen) atoms. The Kier molecular flexibility index (Phi) is 6.44. The van der Waals surface area contributed by atoms with Crippen molar-refractivity contribution in [3.63, 3.8) is 0 Å². The first-order chi connectivity index (χ1) is 9.50. The summed E-state index contributed by atoms with van der Waals surface area (Å²) in [7, 11) is 0.198. The van der Waals surface area contributed by atoms with Crippen LogP contribution < -0.4 is 0 Å². The summed E-state index contributed by atoms with van der Waals surface area (Å²) in [4.78, 5) is 0. The molecule has 1 aromatic heterocycles. The predicted octanol–water partition coefficient (Wildman–Crippen LogP) is 4.35. The minimum Gasteiger partial charge on any atom is -0.244 e. The average molecular weight is 300 g/mol. The van der Waals surface area contributed by atoms with Crippen LogP contribution in [0.15, 0.2) is 11.2 Å². The van der Waals surface area contributed by atoms with Gasteiger partial charge in [0.05, 0.1) is 11.2 Å². The van der Waals surface area contributed by atoms with Crippen molar-refractivity contribution in [2.24, 2.45) is 7.05 Å². The van der Waals surface area contributed by atoms with Gasteiger partial charge in [-0.1, -0.05) is 51.1 Å². The zero-order valence-corrected chi connectivity index (χ0v) is 14.7. The number of unbranched alkanes of at least 4 members (excludes halogenated alkanes) is 3. The summed E-state index contributed by atoms with van der Waals surface area (Å²) < 4.78 is 2.00. The molecule has 0 unspecified atom stereocenters. The van der Waals surface area contributed by atoms with Crippen molar-refractivity contribution in [3.8, 4) is 0 Å². The second kappa shape index (κ2) is 7.39. The molecule has 0 atom stereocenters. The lowest BCUT2D eigenvalue weighted by molar-refractivity contribution is 0.658. The lowest BCUT2D eigenvalue weighted by Gasteiger charge is -2.48. The van der Waals surface area contributed by atoms with Gasteiger partial charge in [-0.15, -0.1) is 5.10 Å². The van der Waals surface area contributed by atoms with Gasteiger partial charge in [-0.05, 0) is 36.5 Å². The van der Waals surface area contributed by atoms with Crippen LogP contribution in [0.2, 0.25) is 0 Å². The highest BCUT2D eigenvalue weighted by Crippen LogP contribution is 2.65. The number of aryl methyl sites for hydroxylation is 1. The Hall–Kier alpha value is -0.640. The van der Waals surface area contributed by atoms with Gasteiger partial charge in [-0.2, -0.15) is 0 Å². The average Bonchev–Trinajstić information content (AvgIpc) is 2.89. The van der Waals surface area contributed by atoms with Gasteiger partial charge in [-0.25, -0.2) is 13.4 Å². The molecule has 0 bridgehead atoms.